The number of rotatable bonds is 5. The molecule has 2 N–H and O–H groups in total. The summed E-state index contributed by atoms with van der Waals surface area (Å²) in [5, 5.41) is 0. The molecule has 15 heavy (non-hydrogen) atoms. The van der Waals surface area contributed by atoms with E-state index in [1.807, 2.05) is 6.07 Å². The first-order valence-electron chi connectivity index (χ1n) is 5.20. The topological polar surface area (TPSA) is 35.2 Å². The van der Waals surface area contributed by atoms with Gasteiger partial charge in [0.25, 0.3) is 0 Å². The van der Waals surface area contributed by atoms with Crippen LogP contribution in [0.15, 0.2) is 18.2 Å². The van der Waals surface area contributed by atoms with E-state index in [-0.39, 0.29) is 5.82 Å². The van der Waals surface area contributed by atoms with Crippen molar-refractivity contribution in [2.45, 2.75) is 19.8 Å². The number of hydrogen-bond acceptors (Lipinski definition) is 2. The molecule has 2 nitrogen and oxygen atoms in total. The van der Waals surface area contributed by atoms with Gasteiger partial charge in [0.2, 0.25) is 0 Å². The van der Waals surface area contributed by atoms with Crippen molar-refractivity contribution in [3.05, 3.63) is 29.6 Å². The zero-order valence-corrected chi connectivity index (χ0v) is 9.29. The van der Waals surface area contributed by atoms with Crippen LogP contribution in [-0.4, -0.2) is 13.7 Å². The number of methoxy groups -OCH3 is 1. The molecule has 0 saturated heterocycles. The van der Waals surface area contributed by atoms with Crippen LogP contribution < -0.4 is 10.5 Å². The van der Waals surface area contributed by atoms with Crippen molar-refractivity contribution < 1.29 is 9.13 Å². The highest BCUT2D eigenvalue weighted by Crippen LogP contribution is 2.22. The van der Waals surface area contributed by atoms with E-state index in [4.69, 9.17) is 10.5 Å². The van der Waals surface area contributed by atoms with Gasteiger partial charge < -0.3 is 10.5 Å². The SMILES string of the molecule is COc1cccc(CC(C)CCN)c1F. The molecule has 1 atom stereocenters. The molecule has 0 saturated carbocycles. The first-order valence-corrected chi connectivity index (χ1v) is 5.20. The Morgan fingerprint density at radius 3 is 2.80 bits per heavy atom. The predicted octanol–water partition coefficient (Wildman–Crippen LogP) is 2.36. The smallest absolute Gasteiger partial charge is 0.168 e. The van der Waals surface area contributed by atoms with Crippen molar-refractivity contribution in [3.63, 3.8) is 0 Å². The number of benzene rings is 1. The maximum absolute atomic E-state index is 13.7. The fourth-order valence-corrected chi connectivity index (χ4v) is 1.63. The molecular weight excluding hydrogens is 193 g/mol. The Morgan fingerprint density at radius 1 is 1.47 bits per heavy atom. The predicted molar refractivity (Wildman–Crippen MR) is 59.5 cm³/mol. The molecule has 1 aromatic rings. The van der Waals surface area contributed by atoms with Crippen molar-refractivity contribution in [2.75, 3.05) is 13.7 Å². The van der Waals surface area contributed by atoms with E-state index >= 15 is 0 Å². The minimum atomic E-state index is -0.246. The van der Waals surface area contributed by atoms with Gasteiger partial charge in [0.15, 0.2) is 11.6 Å². The summed E-state index contributed by atoms with van der Waals surface area (Å²) in [4.78, 5) is 0. The average molecular weight is 211 g/mol. The third-order valence-corrected chi connectivity index (χ3v) is 2.49. The van der Waals surface area contributed by atoms with E-state index in [1.165, 1.54) is 7.11 Å². The van der Waals surface area contributed by atoms with Gasteiger partial charge in [-0.25, -0.2) is 4.39 Å². The highest BCUT2D eigenvalue weighted by atomic mass is 19.1. The standard InChI is InChI=1S/C12H18FNO/c1-9(6-7-14)8-10-4-3-5-11(15-2)12(10)13/h3-5,9H,6-8,14H2,1-2H3. The van der Waals surface area contributed by atoms with Crippen LogP contribution in [-0.2, 0) is 6.42 Å². The Labute approximate surface area is 90.2 Å². The van der Waals surface area contributed by atoms with Crippen LogP contribution in [0, 0.1) is 11.7 Å². The Hall–Kier alpha value is -1.09. The Morgan fingerprint density at radius 2 is 2.20 bits per heavy atom. The molecule has 1 unspecified atom stereocenters. The molecule has 0 radical (unpaired) electrons. The number of nitrogens with two attached hydrogens (primary N) is 1. The summed E-state index contributed by atoms with van der Waals surface area (Å²) in [6.07, 6.45) is 1.62. The first kappa shape index (κ1) is 12.0. The van der Waals surface area contributed by atoms with Gasteiger partial charge in [-0.05, 0) is 36.9 Å². The molecule has 1 rings (SSSR count). The number of halogens is 1. The molecule has 0 amide bonds. The third-order valence-electron chi connectivity index (χ3n) is 2.49. The highest BCUT2D eigenvalue weighted by Gasteiger charge is 2.10. The molecule has 0 aliphatic heterocycles. The second kappa shape index (κ2) is 5.71. The van der Waals surface area contributed by atoms with Gasteiger partial charge >= 0.3 is 0 Å². The normalized spacial score (nSPS) is 12.5. The van der Waals surface area contributed by atoms with Gasteiger partial charge in [0, 0.05) is 0 Å². The van der Waals surface area contributed by atoms with Crippen molar-refractivity contribution in [2.24, 2.45) is 11.7 Å². The molecule has 3 heteroatoms. The third kappa shape index (κ3) is 3.20. The monoisotopic (exact) mass is 211 g/mol. The van der Waals surface area contributed by atoms with E-state index < -0.39 is 0 Å². The summed E-state index contributed by atoms with van der Waals surface area (Å²) < 4.78 is 18.6. The lowest BCUT2D eigenvalue weighted by Crippen LogP contribution is -2.09. The van der Waals surface area contributed by atoms with Gasteiger partial charge in [-0.3, -0.25) is 0 Å². The zero-order valence-electron chi connectivity index (χ0n) is 9.29. The van der Waals surface area contributed by atoms with Crippen LogP contribution in [0.4, 0.5) is 4.39 Å². The minimum absolute atomic E-state index is 0.246. The lowest BCUT2D eigenvalue weighted by molar-refractivity contribution is 0.382. The van der Waals surface area contributed by atoms with E-state index in [1.54, 1.807) is 12.1 Å². The van der Waals surface area contributed by atoms with Crippen LogP contribution >= 0.6 is 0 Å². The molecule has 0 heterocycles. The maximum Gasteiger partial charge on any atom is 0.168 e. The second-order valence-electron chi connectivity index (χ2n) is 3.82. The number of hydrogen-bond donors (Lipinski definition) is 1. The summed E-state index contributed by atoms with van der Waals surface area (Å²) in [5.74, 6) is 0.466. The lowest BCUT2D eigenvalue weighted by Gasteiger charge is -2.12. The fraction of sp³-hybridized carbons (Fsp3) is 0.500. The van der Waals surface area contributed by atoms with Gasteiger partial charge in [-0.1, -0.05) is 19.1 Å². The van der Waals surface area contributed by atoms with Crippen molar-refractivity contribution in [1.82, 2.24) is 0 Å². The fourth-order valence-electron chi connectivity index (χ4n) is 1.63. The molecule has 0 aliphatic rings. The average Bonchev–Trinajstić information content (AvgIpc) is 2.21. The molecule has 0 spiro atoms. The second-order valence-corrected chi connectivity index (χ2v) is 3.82. The van der Waals surface area contributed by atoms with Gasteiger partial charge in [-0.2, -0.15) is 0 Å². The van der Waals surface area contributed by atoms with E-state index in [0.29, 0.717) is 30.2 Å². The first-order chi connectivity index (χ1) is 7.19. The van der Waals surface area contributed by atoms with E-state index in [0.717, 1.165) is 6.42 Å². The van der Waals surface area contributed by atoms with Crippen LogP contribution in [0.25, 0.3) is 0 Å². The van der Waals surface area contributed by atoms with Crippen molar-refractivity contribution in [3.8, 4) is 5.75 Å². The largest absolute Gasteiger partial charge is 0.494 e. The lowest BCUT2D eigenvalue weighted by atomic mass is 9.97. The Kier molecular flexibility index (Phi) is 4.56. The molecule has 0 aliphatic carbocycles. The van der Waals surface area contributed by atoms with Gasteiger partial charge in [0.05, 0.1) is 7.11 Å². The summed E-state index contributed by atoms with van der Waals surface area (Å²) in [6.45, 7) is 2.72. The molecule has 84 valence electrons. The molecular formula is C12H18FNO. The Bertz CT molecular complexity index is 314. The number of ether oxygens (including phenoxy) is 1. The van der Waals surface area contributed by atoms with Crippen LogP contribution in [0.2, 0.25) is 0 Å². The van der Waals surface area contributed by atoms with Crippen molar-refractivity contribution >= 4 is 0 Å². The molecule has 1 aromatic carbocycles. The summed E-state index contributed by atoms with van der Waals surface area (Å²) in [7, 11) is 1.48. The minimum Gasteiger partial charge on any atom is -0.494 e. The van der Waals surface area contributed by atoms with Crippen LogP contribution in [0.5, 0.6) is 5.75 Å². The highest BCUT2D eigenvalue weighted by molar-refractivity contribution is 5.31. The van der Waals surface area contributed by atoms with E-state index in [9.17, 15) is 4.39 Å². The molecule has 0 aromatic heterocycles. The van der Waals surface area contributed by atoms with Crippen LogP contribution in [0.3, 0.4) is 0 Å². The summed E-state index contributed by atoms with van der Waals surface area (Å²) >= 11 is 0. The van der Waals surface area contributed by atoms with Gasteiger partial charge in [-0.15, -0.1) is 0 Å². The van der Waals surface area contributed by atoms with E-state index in [2.05, 4.69) is 6.92 Å². The quantitative estimate of drug-likeness (QED) is 0.811. The summed E-state index contributed by atoms with van der Waals surface area (Å²) in [5.41, 5.74) is 6.16. The molecule has 0 bridgehead atoms. The van der Waals surface area contributed by atoms with Gasteiger partial charge in [0.1, 0.15) is 0 Å². The van der Waals surface area contributed by atoms with Crippen molar-refractivity contribution in [1.29, 1.82) is 0 Å². The Balaban J connectivity index is 2.76. The maximum atomic E-state index is 13.7. The molecule has 0 fully saturated rings. The summed E-state index contributed by atoms with van der Waals surface area (Å²) in [6, 6.07) is 5.24. The van der Waals surface area contributed by atoms with Crippen LogP contribution in [0.1, 0.15) is 18.9 Å². The zero-order chi connectivity index (χ0) is 11.3.